The molecule has 100 valence electrons. The van der Waals surface area contributed by atoms with E-state index in [1.54, 1.807) is 4.90 Å². The van der Waals surface area contributed by atoms with Gasteiger partial charge in [0.05, 0.1) is 24.5 Å². The van der Waals surface area contributed by atoms with Crippen molar-refractivity contribution in [1.82, 2.24) is 14.7 Å². The number of carbonyl (C=O) groups excluding carboxylic acids is 1. The number of hydrogen-bond acceptors (Lipinski definition) is 4. The first-order chi connectivity index (χ1) is 8.67. The Bertz CT molecular complexity index is 430. The molecule has 1 saturated heterocycles. The molecule has 18 heavy (non-hydrogen) atoms. The van der Waals surface area contributed by atoms with E-state index in [4.69, 9.17) is 10.5 Å². The number of aryl methyl sites for hydroxylation is 2. The summed E-state index contributed by atoms with van der Waals surface area (Å²) in [4.78, 5) is 13.3. The first kappa shape index (κ1) is 12.9. The second-order valence-corrected chi connectivity index (χ2v) is 4.42. The van der Waals surface area contributed by atoms with Crippen LogP contribution in [0.5, 0.6) is 0 Å². The minimum absolute atomic E-state index is 0.179. The fraction of sp³-hybridized carbons (Fsp3) is 0.667. The van der Waals surface area contributed by atoms with Crippen LogP contribution < -0.4 is 5.73 Å². The molecule has 2 heterocycles. The molecule has 1 aromatic heterocycles. The van der Waals surface area contributed by atoms with Crippen molar-refractivity contribution in [2.75, 3.05) is 13.1 Å². The number of carbonyl (C=O) groups is 1. The van der Waals surface area contributed by atoms with E-state index in [2.05, 4.69) is 12.0 Å². The SMILES string of the molecule is CCc1cc(CN2CC(CN)OC2=O)n(CC)n1. The highest BCUT2D eigenvalue weighted by molar-refractivity contribution is 5.69. The average molecular weight is 252 g/mol. The molecule has 6 nitrogen and oxygen atoms in total. The molecule has 1 aliphatic rings. The van der Waals surface area contributed by atoms with Gasteiger partial charge in [-0.2, -0.15) is 5.10 Å². The Hall–Kier alpha value is -1.56. The Balaban J connectivity index is 2.09. The number of aromatic nitrogens is 2. The molecule has 1 amide bonds. The van der Waals surface area contributed by atoms with Crippen LogP contribution in [0.25, 0.3) is 0 Å². The van der Waals surface area contributed by atoms with Gasteiger partial charge in [-0.05, 0) is 19.4 Å². The molecule has 1 aromatic rings. The van der Waals surface area contributed by atoms with Gasteiger partial charge in [0.1, 0.15) is 6.10 Å². The number of ether oxygens (including phenoxy) is 1. The molecule has 0 aromatic carbocycles. The van der Waals surface area contributed by atoms with Gasteiger partial charge in [0.25, 0.3) is 0 Å². The smallest absolute Gasteiger partial charge is 0.410 e. The summed E-state index contributed by atoms with van der Waals surface area (Å²) in [6.07, 6.45) is 0.434. The Morgan fingerprint density at radius 3 is 2.89 bits per heavy atom. The van der Waals surface area contributed by atoms with E-state index < -0.39 is 0 Å². The number of rotatable bonds is 5. The lowest BCUT2D eigenvalue weighted by Gasteiger charge is -2.13. The van der Waals surface area contributed by atoms with E-state index in [0.29, 0.717) is 19.6 Å². The molecule has 2 rings (SSSR count). The fourth-order valence-corrected chi connectivity index (χ4v) is 2.11. The van der Waals surface area contributed by atoms with Gasteiger partial charge in [-0.15, -0.1) is 0 Å². The molecule has 0 radical (unpaired) electrons. The standard InChI is InChI=1S/C12H20N4O2/c1-3-9-5-10(16(4-2)14-9)7-15-8-11(6-13)18-12(15)17/h5,11H,3-4,6-8,13H2,1-2H3. The molecule has 1 unspecified atom stereocenters. The van der Waals surface area contributed by atoms with Crippen LogP contribution in [0.2, 0.25) is 0 Å². The van der Waals surface area contributed by atoms with Gasteiger partial charge in [0.15, 0.2) is 0 Å². The van der Waals surface area contributed by atoms with E-state index in [9.17, 15) is 4.79 Å². The molecule has 1 aliphatic heterocycles. The number of nitrogens with two attached hydrogens (primary N) is 1. The van der Waals surface area contributed by atoms with E-state index >= 15 is 0 Å². The highest BCUT2D eigenvalue weighted by Crippen LogP contribution is 2.15. The zero-order valence-corrected chi connectivity index (χ0v) is 10.9. The van der Waals surface area contributed by atoms with Gasteiger partial charge in [-0.3, -0.25) is 9.58 Å². The van der Waals surface area contributed by atoms with Crippen molar-refractivity contribution in [3.63, 3.8) is 0 Å². The van der Waals surface area contributed by atoms with Crippen LogP contribution in [0.3, 0.4) is 0 Å². The van der Waals surface area contributed by atoms with Crippen LogP contribution in [0.1, 0.15) is 25.2 Å². The summed E-state index contributed by atoms with van der Waals surface area (Å²) in [7, 11) is 0. The van der Waals surface area contributed by atoms with E-state index in [-0.39, 0.29) is 12.2 Å². The first-order valence-electron chi connectivity index (χ1n) is 6.39. The summed E-state index contributed by atoms with van der Waals surface area (Å²) in [5.41, 5.74) is 7.61. The fourth-order valence-electron chi connectivity index (χ4n) is 2.11. The molecule has 1 atom stereocenters. The zero-order chi connectivity index (χ0) is 13.1. The minimum atomic E-state index is -0.285. The third-order valence-electron chi connectivity index (χ3n) is 3.14. The molecule has 0 aliphatic carbocycles. The maximum absolute atomic E-state index is 11.6. The Morgan fingerprint density at radius 1 is 1.56 bits per heavy atom. The van der Waals surface area contributed by atoms with Gasteiger partial charge in [-0.1, -0.05) is 6.92 Å². The lowest BCUT2D eigenvalue weighted by Crippen LogP contribution is -2.28. The van der Waals surface area contributed by atoms with Gasteiger partial charge >= 0.3 is 6.09 Å². The molecular weight excluding hydrogens is 232 g/mol. The molecular formula is C12H20N4O2. The van der Waals surface area contributed by atoms with Crippen molar-refractivity contribution in [3.8, 4) is 0 Å². The van der Waals surface area contributed by atoms with Gasteiger partial charge in [0.2, 0.25) is 0 Å². The number of cyclic esters (lactones) is 1. The Morgan fingerprint density at radius 2 is 2.33 bits per heavy atom. The Labute approximate surface area is 107 Å². The predicted molar refractivity (Wildman–Crippen MR) is 67.0 cm³/mol. The van der Waals surface area contributed by atoms with Crippen molar-refractivity contribution in [1.29, 1.82) is 0 Å². The highest BCUT2D eigenvalue weighted by atomic mass is 16.6. The summed E-state index contributed by atoms with van der Waals surface area (Å²) in [6.45, 7) is 6.39. The lowest BCUT2D eigenvalue weighted by molar-refractivity contribution is 0.134. The largest absolute Gasteiger partial charge is 0.443 e. The monoisotopic (exact) mass is 252 g/mol. The molecule has 0 spiro atoms. The van der Waals surface area contributed by atoms with Gasteiger partial charge < -0.3 is 10.5 Å². The number of amides is 1. The lowest BCUT2D eigenvalue weighted by atomic mass is 10.3. The van der Waals surface area contributed by atoms with Crippen LogP contribution in [-0.2, 0) is 24.2 Å². The average Bonchev–Trinajstić information content (AvgIpc) is 2.94. The minimum Gasteiger partial charge on any atom is -0.443 e. The summed E-state index contributed by atoms with van der Waals surface area (Å²) < 4.78 is 7.07. The Kier molecular flexibility index (Phi) is 3.86. The third kappa shape index (κ3) is 2.48. The maximum Gasteiger partial charge on any atom is 0.410 e. The third-order valence-corrected chi connectivity index (χ3v) is 3.14. The predicted octanol–water partition coefficient (Wildman–Crippen LogP) is 0.745. The maximum atomic E-state index is 11.6. The summed E-state index contributed by atoms with van der Waals surface area (Å²) in [6, 6.07) is 2.05. The summed E-state index contributed by atoms with van der Waals surface area (Å²) >= 11 is 0. The molecule has 6 heteroatoms. The second-order valence-electron chi connectivity index (χ2n) is 4.42. The summed E-state index contributed by atoms with van der Waals surface area (Å²) in [5.74, 6) is 0. The molecule has 0 saturated carbocycles. The van der Waals surface area contributed by atoms with Crippen molar-refractivity contribution in [2.45, 2.75) is 39.5 Å². The second kappa shape index (κ2) is 5.39. The quantitative estimate of drug-likeness (QED) is 0.839. The van der Waals surface area contributed by atoms with Crippen LogP contribution in [0, 0.1) is 0 Å². The first-order valence-corrected chi connectivity index (χ1v) is 6.39. The van der Waals surface area contributed by atoms with Crippen LogP contribution in [0.15, 0.2) is 6.07 Å². The van der Waals surface area contributed by atoms with Crippen molar-refractivity contribution < 1.29 is 9.53 Å². The van der Waals surface area contributed by atoms with Crippen LogP contribution >= 0.6 is 0 Å². The number of nitrogens with zero attached hydrogens (tertiary/aromatic N) is 3. The molecule has 0 bridgehead atoms. The normalized spacial score (nSPS) is 19.4. The van der Waals surface area contributed by atoms with Crippen molar-refractivity contribution in [3.05, 3.63) is 17.5 Å². The van der Waals surface area contributed by atoms with Crippen LogP contribution in [-0.4, -0.2) is 40.0 Å². The summed E-state index contributed by atoms with van der Waals surface area (Å²) in [5, 5.41) is 4.47. The zero-order valence-electron chi connectivity index (χ0n) is 10.9. The van der Waals surface area contributed by atoms with Crippen LogP contribution in [0.4, 0.5) is 4.79 Å². The van der Waals surface area contributed by atoms with E-state index in [1.807, 2.05) is 17.7 Å². The van der Waals surface area contributed by atoms with E-state index in [0.717, 1.165) is 24.4 Å². The topological polar surface area (TPSA) is 73.4 Å². The van der Waals surface area contributed by atoms with Crippen molar-refractivity contribution >= 4 is 6.09 Å². The number of hydrogen-bond donors (Lipinski definition) is 1. The van der Waals surface area contributed by atoms with E-state index in [1.165, 1.54) is 0 Å². The van der Waals surface area contributed by atoms with Gasteiger partial charge in [0, 0.05) is 13.1 Å². The molecule has 2 N–H and O–H groups in total. The molecule has 1 fully saturated rings. The highest BCUT2D eigenvalue weighted by Gasteiger charge is 2.30. The van der Waals surface area contributed by atoms with Crippen molar-refractivity contribution in [2.24, 2.45) is 5.73 Å². The van der Waals surface area contributed by atoms with Gasteiger partial charge in [-0.25, -0.2) is 4.79 Å².